The third-order valence-corrected chi connectivity index (χ3v) is 4.13. The Bertz CT molecular complexity index is 556. The van der Waals surface area contributed by atoms with E-state index in [9.17, 15) is 5.11 Å². The van der Waals surface area contributed by atoms with Crippen LogP contribution in [0.15, 0.2) is 35.7 Å². The Labute approximate surface area is 122 Å². The molecule has 5 heteroatoms. The summed E-state index contributed by atoms with van der Waals surface area (Å²) in [7, 11) is 0. The summed E-state index contributed by atoms with van der Waals surface area (Å²) in [6, 6.07) is 9.81. The number of fused-ring (bicyclic) bond motifs is 1. The van der Waals surface area contributed by atoms with Crippen molar-refractivity contribution < 1.29 is 14.6 Å². The molecular weight excluding hydrogens is 274 g/mol. The molecule has 0 saturated carbocycles. The number of aliphatic hydroxyl groups excluding tert-OH is 1. The van der Waals surface area contributed by atoms with E-state index < -0.39 is 0 Å². The fourth-order valence-electron chi connectivity index (χ4n) is 2.20. The minimum atomic E-state index is -0.104. The fourth-order valence-corrected chi connectivity index (χ4v) is 2.86. The first kappa shape index (κ1) is 13.4. The molecule has 1 aliphatic rings. The molecule has 1 aromatic heterocycles. The van der Waals surface area contributed by atoms with E-state index in [2.05, 4.69) is 16.8 Å². The summed E-state index contributed by atoms with van der Waals surface area (Å²) >= 11 is 1.70. The molecule has 0 fully saturated rings. The van der Waals surface area contributed by atoms with Crippen LogP contribution in [0.2, 0.25) is 0 Å². The van der Waals surface area contributed by atoms with Gasteiger partial charge in [-0.15, -0.1) is 11.3 Å². The van der Waals surface area contributed by atoms with Gasteiger partial charge in [0, 0.05) is 11.4 Å². The molecule has 0 aliphatic carbocycles. The van der Waals surface area contributed by atoms with Gasteiger partial charge in [-0.25, -0.2) is 0 Å². The van der Waals surface area contributed by atoms with E-state index in [0.717, 1.165) is 23.6 Å². The fraction of sp³-hybridized carbons (Fsp3) is 0.333. The van der Waals surface area contributed by atoms with Crippen LogP contribution in [-0.4, -0.2) is 24.9 Å². The van der Waals surface area contributed by atoms with Crippen LogP contribution < -0.4 is 14.8 Å². The van der Waals surface area contributed by atoms with Crippen molar-refractivity contribution in [3.63, 3.8) is 0 Å². The first-order valence-corrected chi connectivity index (χ1v) is 7.51. The van der Waals surface area contributed by atoms with Gasteiger partial charge < -0.3 is 19.9 Å². The lowest BCUT2D eigenvalue weighted by Crippen LogP contribution is -2.24. The predicted octanol–water partition coefficient (Wildman–Crippen LogP) is 2.34. The van der Waals surface area contributed by atoms with Crippen molar-refractivity contribution in [1.29, 1.82) is 0 Å². The van der Waals surface area contributed by atoms with Crippen molar-refractivity contribution in [3.05, 3.63) is 46.2 Å². The summed E-state index contributed by atoms with van der Waals surface area (Å²) in [6.07, 6.45) is 0. The van der Waals surface area contributed by atoms with Gasteiger partial charge in [0.2, 0.25) is 0 Å². The zero-order valence-corrected chi connectivity index (χ0v) is 11.9. The highest BCUT2D eigenvalue weighted by atomic mass is 32.1. The Morgan fingerprint density at radius 1 is 1.20 bits per heavy atom. The molecule has 2 heterocycles. The molecule has 2 N–H and O–H groups in total. The van der Waals surface area contributed by atoms with Gasteiger partial charge in [-0.1, -0.05) is 12.1 Å². The van der Waals surface area contributed by atoms with Crippen LogP contribution in [0.4, 0.5) is 0 Å². The molecule has 0 bridgehead atoms. The highest BCUT2D eigenvalue weighted by Gasteiger charge is 2.16. The summed E-state index contributed by atoms with van der Waals surface area (Å²) in [5.41, 5.74) is 1.01. The molecule has 0 amide bonds. The minimum absolute atomic E-state index is 0.0466. The zero-order chi connectivity index (χ0) is 13.8. The second kappa shape index (κ2) is 6.26. The Morgan fingerprint density at radius 2 is 2.05 bits per heavy atom. The molecule has 106 valence electrons. The Kier molecular flexibility index (Phi) is 4.20. The summed E-state index contributed by atoms with van der Waals surface area (Å²) in [4.78, 5) is 1.25. The lowest BCUT2D eigenvalue weighted by atomic mass is 10.1. The molecule has 0 saturated heterocycles. The Morgan fingerprint density at radius 3 is 2.80 bits per heavy atom. The van der Waals surface area contributed by atoms with Gasteiger partial charge in [0.05, 0.1) is 12.6 Å². The van der Waals surface area contributed by atoms with Gasteiger partial charge in [-0.3, -0.25) is 0 Å². The van der Waals surface area contributed by atoms with Gasteiger partial charge in [0.1, 0.15) is 13.2 Å². The number of thiophene rings is 1. The van der Waals surface area contributed by atoms with E-state index in [4.69, 9.17) is 9.47 Å². The molecule has 1 aliphatic heterocycles. The van der Waals surface area contributed by atoms with E-state index >= 15 is 0 Å². The van der Waals surface area contributed by atoms with Crippen molar-refractivity contribution in [3.8, 4) is 11.5 Å². The second-order valence-corrected chi connectivity index (χ2v) is 5.63. The van der Waals surface area contributed by atoms with Gasteiger partial charge in [0.25, 0.3) is 0 Å². The summed E-state index contributed by atoms with van der Waals surface area (Å²) < 4.78 is 11.1. The maximum atomic E-state index is 9.58. The van der Waals surface area contributed by atoms with E-state index in [1.54, 1.807) is 11.3 Å². The maximum Gasteiger partial charge on any atom is 0.161 e. The average molecular weight is 291 g/mol. The third kappa shape index (κ3) is 2.95. The zero-order valence-electron chi connectivity index (χ0n) is 11.0. The average Bonchev–Trinajstić information content (AvgIpc) is 3.01. The molecule has 1 atom stereocenters. The van der Waals surface area contributed by atoms with Gasteiger partial charge >= 0.3 is 0 Å². The Hall–Kier alpha value is -1.56. The van der Waals surface area contributed by atoms with Gasteiger partial charge in [-0.05, 0) is 29.1 Å². The maximum absolute atomic E-state index is 9.58. The van der Waals surface area contributed by atoms with Crippen molar-refractivity contribution in [2.24, 2.45) is 0 Å². The first-order chi connectivity index (χ1) is 9.86. The highest BCUT2D eigenvalue weighted by Crippen LogP contribution is 2.32. The van der Waals surface area contributed by atoms with Crippen molar-refractivity contribution in [2.45, 2.75) is 12.6 Å². The van der Waals surface area contributed by atoms with Crippen LogP contribution in [-0.2, 0) is 6.54 Å². The van der Waals surface area contributed by atoms with Crippen molar-refractivity contribution >= 4 is 11.3 Å². The number of benzene rings is 1. The second-order valence-electron chi connectivity index (χ2n) is 4.60. The summed E-state index contributed by atoms with van der Waals surface area (Å²) in [5, 5.41) is 15.0. The van der Waals surface area contributed by atoms with E-state index in [-0.39, 0.29) is 12.6 Å². The third-order valence-electron chi connectivity index (χ3n) is 3.25. The number of rotatable bonds is 5. The quantitative estimate of drug-likeness (QED) is 0.888. The first-order valence-electron chi connectivity index (χ1n) is 6.63. The van der Waals surface area contributed by atoms with Crippen molar-refractivity contribution in [2.75, 3.05) is 19.8 Å². The molecular formula is C15H17NO3S. The van der Waals surface area contributed by atoms with Crippen LogP contribution in [0, 0.1) is 0 Å². The van der Waals surface area contributed by atoms with Crippen LogP contribution in [0.3, 0.4) is 0 Å². The van der Waals surface area contributed by atoms with E-state index in [0.29, 0.717) is 13.2 Å². The Balaban J connectivity index is 1.71. The number of hydrogen-bond acceptors (Lipinski definition) is 5. The minimum Gasteiger partial charge on any atom is -0.486 e. The smallest absolute Gasteiger partial charge is 0.161 e. The van der Waals surface area contributed by atoms with E-state index in [1.807, 2.05) is 24.3 Å². The molecule has 1 aromatic carbocycles. The molecule has 20 heavy (non-hydrogen) atoms. The lowest BCUT2D eigenvalue weighted by molar-refractivity contribution is 0.171. The molecule has 0 spiro atoms. The van der Waals surface area contributed by atoms with Crippen LogP contribution in [0.5, 0.6) is 11.5 Å². The summed E-state index contributed by atoms with van der Waals surface area (Å²) in [5.74, 6) is 1.53. The van der Waals surface area contributed by atoms with Crippen molar-refractivity contribution in [1.82, 2.24) is 5.32 Å². The van der Waals surface area contributed by atoms with Gasteiger partial charge in [0.15, 0.2) is 11.5 Å². The van der Waals surface area contributed by atoms with Crippen LogP contribution >= 0.6 is 11.3 Å². The number of nitrogens with one attached hydrogen (secondary N) is 1. The van der Waals surface area contributed by atoms with Crippen LogP contribution in [0.1, 0.15) is 16.5 Å². The number of aliphatic hydroxyl groups is 1. The monoisotopic (exact) mass is 291 g/mol. The van der Waals surface area contributed by atoms with Crippen LogP contribution in [0.25, 0.3) is 0 Å². The molecule has 1 unspecified atom stereocenters. The molecule has 4 nitrogen and oxygen atoms in total. The normalized spacial score (nSPS) is 15.1. The summed E-state index contributed by atoms with van der Waals surface area (Å²) in [6.45, 7) is 1.96. The van der Waals surface area contributed by atoms with Gasteiger partial charge in [-0.2, -0.15) is 0 Å². The molecule has 0 radical (unpaired) electrons. The predicted molar refractivity (Wildman–Crippen MR) is 78.4 cm³/mol. The van der Waals surface area contributed by atoms with E-state index in [1.165, 1.54) is 4.88 Å². The number of hydrogen-bond donors (Lipinski definition) is 2. The lowest BCUT2D eigenvalue weighted by Gasteiger charge is -2.22. The topological polar surface area (TPSA) is 50.7 Å². The molecule has 3 rings (SSSR count). The standard InChI is InChI=1S/C15H17NO3S/c17-10-13(16-9-12-2-1-7-20-12)11-3-4-14-15(8-11)19-6-5-18-14/h1-4,7-8,13,16-17H,5-6,9-10H2. The molecule has 2 aromatic rings. The largest absolute Gasteiger partial charge is 0.486 e. The highest BCUT2D eigenvalue weighted by molar-refractivity contribution is 7.09. The SMILES string of the molecule is OCC(NCc1cccs1)c1ccc2c(c1)OCCO2. The number of ether oxygens (including phenoxy) is 2.